The number of hydrogen-bond donors (Lipinski definition) is 1. The number of thioether (sulfide) groups is 1. The number of carbonyl (C=O) groups is 1. The minimum Gasteiger partial charge on any atom is -0.271 e. The van der Waals surface area contributed by atoms with Gasteiger partial charge >= 0.3 is 0 Å². The number of nitrogens with one attached hydrogen (secondary N) is 1. The summed E-state index contributed by atoms with van der Waals surface area (Å²) in [6.45, 7) is 0.00373. The summed E-state index contributed by atoms with van der Waals surface area (Å²) in [7, 11) is 0. The quantitative estimate of drug-likeness (QED) is 0.850. The van der Waals surface area contributed by atoms with E-state index in [4.69, 9.17) is 0 Å². The van der Waals surface area contributed by atoms with E-state index in [0.717, 1.165) is 29.2 Å². The van der Waals surface area contributed by atoms with Crippen LogP contribution in [0, 0.1) is 0 Å². The third-order valence-electron chi connectivity index (χ3n) is 2.91. The molecule has 1 aromatic heterocycles. The van der Waals surface area contributed by atoms with Crippen molar-refractivity contribution in [2.45, 2.75) is 13.0 Å². The number of hydrogen-bond acceptors (Lipinski definition) is 6. The second kappa shape index (κ2) is 6.49. The molecular weight excluding hydrogens is 288 g/mol. The molecule has 1 aliphatic rings. The van der Waals surface area contributed by atoms with Gasteiger partial charge < -0.3 is 0 Å². The van der Waals surface area contributed by atoms with Gasteiger partial charge in [-0.05, 0) is 17.4 Å². The first-order chi connectivity index (χ1) is 10.3. The van der Waals surface area contributed by atoms with Gasteiger partial charge in [0.1, 0.15) is 6.54 Å². The summed E-state index contributed by atoms with van der Waals surface area (Å²) >= 11 is 1.82. The lowest BCUT2D eigenvalue weighted by Gasteiger charge is -1.99. The van der Waals surface area contributed by atoms with Crippen molar-refractivity contribution in [2.75, 3.05) is 11.5 Å². The Labute approximate surface area is 125 Å². The van der Waals surface area contributed by atoms with Crippen LogP contribution < -0.4 is 5.43 Å². The van der Waals surface area contributed by atoms with Crippen LogP contribution in [0.3, 0.4) is 0 Å². The highest BCUT2D eigenvalue weighted by Gasteiger charge is 2.11. The number of amides is 1. The van der Waals surface area contributed by atoms with E-state index in [1.807, 2.05) is 42.1 Å². The van der Waals surface area contributed by atoms with Gasteiger partial charge in [0.05, 0.1) is 0 Å². The molecule has 108 valence electrons. The minimum atomic E-state index is -0.253. The van der Waals surface area contributed by atoms with E-state index < -0.39 is 0 Å². The summed E-state index contributed by atoms with van der Waals surface area (Å²) in [6.07, 6.45) is 0.935. The van der Waals surface area contributed by atoms with Crippen molar-refractivity contribution < 1.29 is 4.79 Å². The Balaban J connectivity index is 1.59. The number of benzene rings is 1. The molecule has 0 unspecified atom stereocenters. The average Bonchev–Trinajstić information content (AvgIpc) is 3.17. The Morgan fingerprint density at radius 1 is 1.38 bits per heavy atom. The maximum Gasteiger partial charge on any atom is 0.263 e. The van der Waals surface area contributed by atoms with Gasteiger partial charge in [-0.1, -0.05) is 30.3 Å². The van der Waals surface area contributed by atoms with E-state index >= 15 is 0 Å². The van der Waals surface area contributed by atoms with Crippen molar-refractivity contribution in [2.24, 2.45) is 5.10 Å². The highest BCUT2D eigenvalue weighted by molar-refractivity contribution is 8.00. The average molecular weight is 302 g/mol. The Kier molecular flexibility index (Phi) is 4.25. The van der Waals surface area contributed by atoms with Crippen molar-refractivity contribution in [3.8, 4) is 11.4 Å². The van der Waals surface area contributed by atoms with Crippen LogP contribution in [0.2, 0.25) is 0 Å². The lowest BCUT2D eigenvalue weighted by Crippen LogP contribution is -2.25. The van der Waals surface area contributed by atoms with Crippen LogP contribution in [0.4, 0.5) is 0 Å². The molecule has 1 aromatic carbocycles. The Bertz CT molecular complexity index is 646. The van der Waals surface area contributed by atoms with Crippen LogP contribution in [0.25, 0.3) is 11.4 Å². The van der Waals surface area contributed by atoms with Crippen LogP contribution in [-0.4, -0.2) is 43.3 Å². The Morgan fingerprint density at radius 2 is 2.24 bits per heavy atom. The first-order valence-corrected chi connectivity index (χ1v) is 7.72. The molecule has 7 nitrogen and oxygen atoms in total. The lowest BCUT2D eigenvalue weighted by atomic mass is 10.2. The molecular formula is C13H14N6OS. The van der Waals surface area contributed by atoms with Gasteiger partial charge in [0.15, 0.2) is 0 Å². The number of nitrogens with zero attached hydrogens (tertiary/aromatic N) is 5. The molecule has 2 heterocycles. The molecule has 1 fully saturated rings. The molecule has 1 N–H and O–H groups in total. The first kappa shape index (κ1) is 13.7. The van der Waals surface area contributed by atoms with Crippen molar-refractivity contribution in [1.29, 1.82) is 0 Å². The fourth-order valence-electron chi connectivity index (χ4n) is 1.86. The third kappa shape index (κ3) is 3.66. The summed E-state index contributed by atoms with van der Waals surface area (Å²) in [5.41, 5.74) is 4.42. The zero-order valence-electron chi connectivity index (χ0n) is 11.3. The zero-order chi connectivity index (χ0) is 14.5. The van der Waals surface area contributed by atoms with Crippen molar-refractivity contribution in [1.82, 2.24) is 25.6 Å². The topological polar surface area (TPSA) is 85.1 Å². The highest BCUT2D eigenvalue weighted by Crippen LogP contribution is 2.13. The monoisotopic (exact) mass is 302 g/mol. The number of carbonyl (C=O) groups excluding carboxylic acids is 1. The molecule has 1 aliphatic heterocycles. The third-order valence-corrected chi connectivity index (χ3v) is 3.94. The summed E-state index contributed by atoms with van der Waals surface area (Å²) < 4.78 is 0. The van der Waals surface area contributed by atoms with E-state index in [1.54, 1.807) is 0 Å². The van der Waals surface area contributed by atoms with E-state index in [2.05, 4.69) is 25.9 Å². The van der Waals surface area contributed by atoms with E-state index in [0.29, 0.717) is 5.82 Å². The SMILES string of the molecule is O=C(Cn1nnc(-c2ccccc2)n1)N/N=C1\CCSC1. The van der Waals surface area contributed by atoms with Crippen LogP contribution in [0.5, 0.6) is 0 Å². The van der Waals surface area contributed by atoms with Gasteiger partial charge in [-0.25, -0.2) is 5.43 Å². The van der Waals surface area contributed by atoms with Gasteiger partial charge in [-0.15, -0.1) is 10.2 Å². The normalized spacial score (nSPS) is 16.3. The molecule has 21 heavy (non-hydrogen) atoms. The van der Waals surface area contributed by atoms with Crippen LogP contribution in [0.1, 0.15) is 6.42 Å². The smallest absolute Gasteiger partial charge is 0.263 e. The second-order valence-corrected chi connectivity index (χ2v) is 5.63. The molecule has 1 saturated heterocycles. The molecule has 0 radical (unpaired) electrons. The molecule has 8 heteroatoms. The van der Waals surface area contributed by atoms with Crippen LogP contribution in [0.15, 0.2) is 35.4 Å². The van der Waals surface area contributed by atoms with Gasteiger partial charge in [0.25, 0.3) is 5.91 Å². The van der Waals surface area contributed by atoms with Gasteiger partial charge in [0, 0.05) is 17.0 Å². The second-order valence-electron chi connectivity index (χ2n) is 4.53. The molecule has 0 spiro atoms. The molecule has 0 aliphatic carbocycles. The number of rotatable bonds is 4. The largest absolute Gasteiger partial charge is 0.271 e. The maximum atomic E-state index is 11.8. The summed E-state index contributed by atoms with van der Waals surface area (Å²) in [6, 6.07) is 9.51. The molecule has 3 rings (SSSR count). The highest BCUT2D eigenvalue weighted by atomic mass is 32.2. The molecule has 0 atom stereocenters. The van der Waals surface area contributed by atoms with Crippen LogP contribution >= 0.6 is 11.8 Å². The summed E-state index contributed by atoms with van der Waals surface area (Å²) in [5.74, 6) is 2.21. The number of hydrazone groups is 1. The van der Waals surface area contributed by atoms with Gasteiger partial charge in [-0.2, -0.15) is 21.7 Å². The molecule has 0 bridgehead atoms. The standard InChI is InChI=1S/C13H14N6OS/c20-12(15-14-11-6-7-21-9-11)8-19-17-13(16-18-19)10-4-2-1-3-5-10/h1-5H,6-9H2,(H,15,20)/b14-11+. The van der Waals surface area contributed by atoms with Crippen molar-refractivity contribution in [3.05, 3.63) is 30.3 Å². The zero-order valence-corrected chi connectivity index (χ0v) is 12.1. The number of tetrazole rings is 1. The first-order valence-electron chi connectivity index (χ1n) is 6.56. The lowest BCUT2D eigenvalue weighted by molar-refractivity contribution is -0.122. The fraction of sp³-hybridized carbons (Fsp3) is 0.308. The minimum absolute atomic E-state index is 0.00373. The van der Waals surface area contributed by atoms with Gasteiger partial charge in [-0.3, -0.25) is 4.79 Å². The van der Waals surface area contributed by atoms with Crippen molar-refractivity contribution >= 4 is 23.4 Å². The predicted octanol–water partition coefficient (Wildman–Crippen LogP) is 0.949. The fourth-order valence-corrected chi connectivity index (χ4v) is 2.83. The van der Waals surface area contributed by atoms with Crippen molar-refractivity contribution in [3.63, 3.8) is 0 Å². The van der Waals surface area contributed by atoms with E-state index in [1.165, 1.54) is 4.80 Å². The van der Waals surface area contributed by atoms with Crippen LogP contribution in [-0.2, 0) is 11.3 Å². The maximum absolute atomic E-state index is 11.8. The molecule has 0 saturated carbocycles. The summed E-state index contributed by atoms with van der Waals surface area (Å²) in [5, 5.41) is 16.1. The predicted molar refractivity (Wildman–Crippen MR) is 80.8 cm³/mol. The van der Waals surface area contributed by atoms with Gasteiger partial charge in [0.2, 0.25) is 5.82 Å². The number of aromatic nitrogens is 4. The Morgan fingerprint density at radius 3 is 3.00 bits per heavy atom. The molecule has 1 amide bonds. The van der Waals surface area contributed by atoms with E-state index in [9.17, 15) is 4.79 Å². The molecule has 2 aromatic rings. The Hall–Kier alpha value is -2.22. The summed E-state index contributed by atoms with van der Waals surface area (Å²) in [4.78, 5) is 13.0. The van der Waals surface area contributed by atoms with E-state index in [-0.39, 0.29) is 12.5 Å².